The molecular formula is C16H30N2O3. The van der Waals surface area contributed by atoms with Crippen LogP contribution >= 0.6 is 0 Å². The molecule has 0 aromatic rings. The molecule has 5 heteroatoms. The summed E-state index contributed by atoms with van der Waals surface area (Å²) in [5.74, 6) is -0.391. The third-order valence-electron chi connectivity index (χ3n) is 4.38. The number of carboxylic acid groups (broad SMARTS) is 1. The fourth-order valence-electron chi connectivity index (χ4n) is 3.19. The Morgan fingerprint density at radius 1 is 1.33 bits per heavy atom. The third-order valence-corrected chi connectivity index (χ3v) is 4.38. The van der Waals surface area contributed by atoms with Crippen LogP contribution in [0.3, 0.4) is 0 Å². The lowest BCUT2D eigenvalue weighted by atomic mass is 9.87. The van der Waals surface area contributed by atoms with E-state index in [1.165, 1.54) is 0 Å². The van der Waals surface area contributed by atoms with Crippen molar-refractivity contribution in [3.8, 4) is 0 Å². The molecule has 2 atom stereocenters. The van der Waals surface area contributed by atoms with Crippen molar-refractivity contribution < 1.29 is 14.7 Å². The highest BCUT2D eigenvalue weighted by Gasteiger charge is 2.35. The van der Waals surface area contributed by atoms with E-state index in [1.807, 2.05) is 0 Å². The van der Waals surface area contributed by atoms with E-state index in [9.17, 15) is 9.59 Å². The second kappa shape index (κ2) is 7.66. The fraction of sp³-hybridized carbons (Fsp3) is 0.875. The molecule has 3 N–H and O–H groups in total. The zero-order chi connectivity index (χ0) is 16.0. The van der Waals surface area contributed by atoms with Crippen LogP contribution in [0.15, 0.2) is 0 Å². The molecule has 2 unspecified atom stereocenters. The predicted molar refractivity (Wildman–Crippen MR) is 83.2 cm³/mol. The van der Waals surface area contributed by atoms with Gasteiger partial charge in [0.2, 0.25) is 0 Å². The minimum atomic E-state index is -0.806. The second-order valence-corrected chi connectivity index (χ2v) is 7.38. The van der Waals surface area contributed by atoms with Crippen molar-refractivity contribution in [3.63, 3.8) is 0 Å². The topological polar surface area (TPSA) is 78.4 Å². The van der Waals surface area contributed by atoms with Crippen LogP contribution < -0.4 is 10.6 Å². The highest BCUT2D eigenvalue weighted by Crippen LogP contribution is 2.37. The fourth-order valence-corrected chi connectivity index (χ4v) is 3.19. The van der Waals surface area contributed by atoms with E-state index in [0.717, 1.165) is 25.7 Å². The smallest absolute Gasteiger partial charge is 0.315 e. The van der Waals surface area contributed by atoms with Gasteiger partial charge in [-0.3, -0.25) is 4.79 Å². The van der Waals surface area contributed by atoms with Crippen LogP contribution in [0.2, 0.25) is 0 Å². The van der Waals surface area contributed by atoms with Crippen molar-refractivity contribution >= 4 is 12.0 Å². The number of rotatable bonds is 7. The number of carbonyl (C=O) groups is 2. The van der Waals surface area contributed by atoms with E-state index >= 15 is 0 Å². The third kappa shape index (κ3) is 6.36. The molecule has 1 saturated carbocycles. The summed E-state index contributed by atoms with van der Waals surface area (Å²) in [7, 11) is 0. The molecule has 1 rings (SSSR count). The molecule has 21 heavy (non-hydrogen) atoms. The van der Waals surface area contributed by atoms with Crippen molar-refractivity contribution in [3.05, 3.63) is 0 Å². The van der Waals surface area contributed by atoms with Crippen LogP contribution in [0, 0.1) is 17.3 Å². The highest BCUT2D eigenvalue weighted by molar-refractivity contribution is 5.74. The van der Waals surface area contributed by atoms with Gasteiger partial charge in [0.1, 0.15) is 0 Å². The molecule has 0 heterocycles. The Kier molecular flexibility index (Phi) is 6.49. The van der Waals surface area contributed by atoms with E-state index < -0.39 is 5.97 Å². The molecule has 1 aliphatic carbocycles. The van der Waals surface area contributed by atoms with E-state index in [1.54, 1.807) is 0 Å². The first kappa shape index (κ1) is 17.8. The minimum absolute atomic E-state index is 0.00941. The molecular weight excluding hydrogens is 268 g/mol. The maximum absolute atomic E-state index is 12.0. The first-order valence-corrected chi connectivity index (χ1v) is 7.97. The van der Waals surface area contributed by atoms with Gasteiger partial charge >= 0.3 is 12.0 Å². The number of nitrogens with one attached hydrogen (secondary N) is 2. The van der Waals surface area contributed by atoms with Crippen molar-refractivity contribution in [2.24, 2.45) is 17.3 Å². The minimum Gasteiger partial charge on any atom is -0.481 e. The van der Waals surface area contributed by atoms with Gasteiger partial charge in [-0.1, -0.05) is 34.1 Å². The zero-order valence-corrected chi connectivity index (χ0v) is 13.7. The molecule has 0 spiro atoms. The molecule has 0 aliphatic heterocycles. The quantitative estimate of drug-likeness (QED) is 0.676. The van der Waals surface area contributed by atoms with Gasteiger partial charge in [0, 0.05) is 19.0 Å². The molecule has 2 amide bonds. The van der Waals surface area contributed by atoms with Gasteiger partial charge in [0.15, 0.2) is 0 Å². The Hall–Kier alpha value is -1.26. The first-order valence-electron chi connectivity index (χ1n) is 7.97. The van der Waals surface area contributed by atoms with E-state index in [-0.39, 0.29) is 29.8 Å². The Morgan fingerprint density at radius 2 is 2.00 bits per heavy atom. The predicted octanol–water partition coefficient (Wildman–Crippen LogP) is 3.00. The number of hydrogen-bond acceptors (Lipinski definition) is 2. The Labute approximate surface area is 127 Å². The molecule has 122 valence electrons. The van der Waals surface area contributed by atoms with Crippen molar-refractivity contribution in [1.82, 2.24) is 10.6 Å². The van der Waals surface area contributed by atoms with Gasteiger partial charge in [-0.2, -0.15) is 0 Å². The average Bonchev–Trinajstić information content (AvgIpc) is 2.64. The summed E-state index contributed by atoms with van der Waals surface area (Å²) in [5.41, 5.74) is 0.149. The Morgan fingerprint density at radius 3 is 2.48 bits per heavy atom. The number of hydrogen-bond donors (Lipinski definition) is 3. The van der Waals surface area contributed by atoms with Crippen molar-refractivity contribution in [1.29, 1.82) is 0 Å². The number of carbonyl (C=O) groups excluding carboxylic acids is 1. The largest absolute Gasteiger partial charge is 0.481 e. The molecule has 1 fully saturated rings. The van der Waals surface area contributed by atoms with Gasteiger partial charge in [0.25, 0.3) is 0 Å². The lowest BCUT2D eigenvalue weighted by molar-refractivity contribution is -0.138. The van der Waals surface area contributed by atoms with Gasteiger partial charge in [-0.25, -0.2) is 4.79 Å². The average molecular weight is 298 g/mol. The Bertz CT molecular complexity index is 367. The highest BCUT2D eigenvalue weighted by atomic mass is 16.4. The van der Waals surface area contributed by atoms with E-state index in [4.69, 9.17) is 5.11 Å². The maximum Gasteiger partial charge on any atom is 0.315 e. The molecule has 1 aliphatic rings. The summed E-state index contributed by atoms with van der Waals surface area (Å²) in [6.07, 6.45) is 4.21. The van der Waals surface area contributed by atoms with Gasteiger partial charge in [-0.05, 0) is 36.5 Å². The summed E-state index contributed by atoms with van der Waals surface area (Å²) >= 11 is 0. The standard InChI is InChI=1S/C16H30N2O3/c1-11(2)8-12(9-14(19)20)10-17-15(21)18-13-6-5-7-16(13,3)4/h11-13H,5-10H2,1-4H3,(H,19,20)(H2,17,18,21). The Balaban J connectivity index is 2.40. The zero-order valence-electron chi connectivity index (χ0n) is 13.7. The molecule has 5 nitrogen and oxygen atoms in total. The lowest BCUT2D eigenvalue weighted by Gasteiger charge is -2.28. The summed E-state index contributed by atoms with van der Waals surface area (Å²) in [6, 6.07) is 0.0367. The van der Waals surface area contributed by atoms with Crippen LogP contribution in [0.5, 0.6) is 0 Å². The SMILES string of the molecule is CC(C)CC(CNC(=O)NC1CCCC1(C)C)CC(=O)O. The molecule has 0 saturated heterocycles. The molecule has 0 aromatic carbocycles. The monoisotopic (exact) mass is 298 g/mol. The molecule has 0 aromatic heterocycles. The van der Waals surface area contributed by atoms with Crippen LogP contribution in [0.25, 0.3) is 0 Å². The summed E-state index contributed by atoms with van der Waals surface area (Å²) < 4.78 is 0. The summed E-state index contributed by atoms with van der Waals surface area (Å²) in [4.78, 5) is 22.9. The molecule has 0 radical (unpaired) electrons. The number of carboxylic acids is 1. The number of urea groups is 1. The second-order valence-electron chi connectivity index (χ2n) is 7.38. The van der Waals surface area contributed by atoms with Crippen molar-refractivity contribution in [2.75, 3.05) is 6.54 Å². The van der Waals surface area contributed by atoms with Crippen LogP contribution in [-0.4, -0.2) is 29.7 Å². The van der Waals surface area contributed by atoms with Gasteiger partial charge < -0.3 is 15.7 Å². The normalized spacial score (nSPS) is 22.0. The van der Waals surface area contributed by atoms with Crippen LogP contribution in [-0.2, 0) is 4.79 Å². The summed E-state index contributed by atoms with van der Waals surface area (Å²) in [5, 5.41) is 14.8. The van der Waals surface area contributed by atoms with E-state index in [2.05, 4.69) is 38.3 Å². The lowest BCUT2D eigenvalue weighted by Crippen LogP contribution is -2.47. The maximum atomic E-state index is 12.0. The van der Waals surface area contributed by atoms with Crippen LogP contribution in [0.1, 0.15) is 59.8 Å². The van der Waals surface area contributed by atoms with Gasteiger partial charge in [-0.15, -0.1) is 0 Å². The number of aliphatic carboxylic acids is 1. The van der Waals surface area contributed by atoms with Crippen molar-refractivity contribution in [2.45, 2.75) is 65.8 Å². The summed E-state index contributed by atoms with van der Waals surface area (Å²) in [6.45, 7) is 8.91. The van der Waals surface area contributed by atoms with Gasteiger partial charge in [0.05, 0.1) is 0 Å². The first-order chi connectivity index (χ1) is 9.70. The number of amides is 2. The van der Waals surface area contributed by atoms with Crippen LogP contribution in [0.4, 0.5) is 4.79 Å². The molecule has 0 bridgehead atoms. The van der Waals surface area contributed by atoms with E-state index in [0.29, 0.717) is 12.5 Å².